The van der Waals surface area contributed by atoms with Crippen LogP contribution in [0.5, 0.6) is 0 Å². The molecule has 7 heteroatoms. The van der Waals surface area contributed by atoms with Crippen LogP contribution in [0.15, 0.2) is 34.3 Å². The van der Waals surface area contributed by atoms with E-state index in [1.54, 1.807) is 0 Å². The molecule has 0 bridgehead atoms. The number of pyridine rings is 1. The molecule has 0 radical (unpaired) electrons. The summed E-state index contributed by atoms with van der Waals surface area (Å²) in [4.78, 5) is 29.0. The van der Waals surface area contributed by atoms with Gasteiger partial charge in [-0.1, -0.05) is 13.3 Å². The minimum absolute atomic E-state index is 0.118. The zero-order valence-corrected chi connectivity index (χ0v) is 20.1. The summed E-state index contributed by atoms with van der Waals surface area (Å²) < 4.78 is 2.22. The van der Waals surface area contributed by atoms with Gasteiger partial charge in [0.1, 0.15) is 0 Å². The Morgan fingerprint density at radius 3 is 2.73 bits per heavy atom. The summed E-state index contributed by atoms with van der Waals surface area (Å²) >= 11 is 0. The van der Waals surface area contributed by atoms with Crippen molar-refractivity contribution in [2.75, 3.05) is 6.54 Å². The van der Waals surface area contributed by atoms with E-state index < -0.39 is 0 Å². The molecule has 2 aromatic heterocycles. The van der Waals surface area contributed by atoms with Crippen molar-refractivity contribution < 1.29 is 4.79 Å². The van der Waals surface area contributed by atoms with Crippen LogP contribution in [0.4, 0.5) is 0 Å². The van der Waals surface area contributed by atoms with Gasteiger partial charge in [0.2, 0.25) is 0 Å². The summed E-state index contributed by atoms with van der Waals surface area (Å²) in [5.74, 6) is -0.0513. The maximum Gasteiger partial charge on any atom is 0.253 e. The number of carbonyl (C=O) groups excluding carboxylic acids is 1. The molecule has 1 atom stereocenters. The van der Waals surface area contributed by atoms with Gasteiger partial charge >= 0.3 is 0 Å². The van der Waals surface area contributed by atoms with Gasteiger partial charge in [-0.2, -0.15) is 5.10 Å². The summed E-state index contributed by atoms with van der Waals surface area (Å²) in [5, 5.41) is 8.15. The lowest BCUT2D eigenvalue weighted by molar-refractivity contribution is 0.0952. The summed E-state index contributed by atoms with van der Waals surface area (Å²) in [6, 6.07) is 6.42. The monoisotopic (exact) mass is 447 g/mol. The van der Waals surface area contributed by atoms with Crippen molar-refractivity contribution in [1.82, 2.24) is 20.3 Å². The molecule has 3 N–H and O–H groups in total. The number of benzene rings is 1. The highest BCUT2D eigenvalue weighted by molar-refractivity contribution is 6.08. The Bertz CT molecular complexity index is 1280. The SMILES string of the molecule is CCCc1cc(C)[nH]c(=O)c1CNC(=O)c1cc(C2C=NNC2)cc2c1c(C)cn2C(C)C. The van der Waals surface area contributed by atoms with E-state index in [0.717, 1.165) is 46.1 Å². The van der Waals surface area contributed by atoms with Crippen LogP contribution in [0.3, 0.4) is 0 Å². The molecular weight excluding hydrogens is 414 g/mol. The summed E-state index contributed by atoms with van der Waals surface area (Å²) in [6.45, 7) is 11.2. The second-order valence-electron chi connectivity index (χ2n) is 9.24. The number of carbonyl (C=O) groups is 1. The van der Waals surface area contributed by atoms with E-state index in [-0.39, 0.29) is 30.0 Å². The van der Waals surface area contributed by atoms with Crippen LogP contribution in [-0.2, 0) is 13.0 Å². The van der Waals surface area contributed by atoms with Crippen LogP contribution >= 0.6 is 0 Å². The van der Waals surface area contributed by atoms with Gasteiger partial charge in [-0.15, -0.1) is 0 Å². The van der Waals surface area contributed by atoms with E-state index in [0.29, 0.717) is 17.7 Å². The maximum atomic E-state index is 13.5. The van der Waals surface area contributed by atoms with Gasteiger partial charge in [-0.25, -0.2) is 0 Å². The first-order valence-electron chi connectivity index (χ1n) is 11.7. The van der Waals surface area contributed by atoms with E-state index in [9.17, 15) is 9.59 Å². The van der Waals surface area contributed by atoms with Crippen LogP contribution in [0.2, 0.25) is 0 Å². The molecule has 174 valence electrons. The van der Waals surface area contributed by atoms with E-state index in [1.807, 2.05) is 32.2 Å². The number of H-pyrrole nitrogens is 1. The molecule has 1 aliphatic heterocycles. The fraction of sp³-hybridized carbons (Fsp3) is 0.423. The molecule has 3 heterocycles. The number of aromatic amines is 1. The largest absolute Gasteiger partial charge is 0.348 e. The summed E-state index contributed by atoms with van der Waals surface area (Å²) in [6.07, 6.45) is 5.74. The average molecular weight is 448 g/mol. The molecule has 1 aromatic carbocycles. The first-order chi connectivity index (χ1) is 15.8. The van der Waals surface area contributed by atoms with Gasteiger partial charge in [0, 0.05) is 65.2 Å². The number of amides is 1. The molecular formula is C26H33N5O2. The molecule has 7 nitrogen and oxygen atoms in total. The number of hydrogen-bond donors (Lipinski definition) is 3. The predicted octanol–water partition coefficient (Wildman–Crippen LogP) is 4.08. The molecule has 1 aliphatic rings. The quantitative estimate of drug-likeness (QED) is 0.510. The van der Waals surface area contributed by atoms with Gasteiger partial charge in [0.05, 0.1) is 0 Å². The Balaban J connectivity index is 1.74. The van der Waals surface area contributed by atoms with Crippen molar-refractivity contribution in [1.29, 1.82) is 0 Å². The van der Waals surface area contributed by atoms with Gasteiger partial charge in [0.15, 0.2) is 0 Å². The van der Waals surface area contributed by atoms with Crippen LogP contribution in [-0.4, -0.2) is 28.2 Å². The predicted molar refractivity (Wildman–Crippen MR) is 133 cm³/mol. The van der Waals surface area contributed by atoms with Crippen molar-refractivity contribution in [2.24, 2.45) is 5.10 Å². The third-order valence-electron chi connectivity index (χ3n) is 6.34. The lowest BCUT2D eigenvalue weighted by Gasteiger charge is -2.15. The Morgan fingerprint density at radius 1 is 1.27 bits per heavy atom. The number of nitrogens with zero attached hydrogens (tertiary/aromatic N) is 2. The van der Waals surface area contributed by atoms with Gasteiger partial charge in [0.25, 0.3) is 11.5 Å². The second kappa shape index (κ2) is 9.25. The number of nitrogens with one attached hydrogen (secondary N) is 3. The lowest BCUT2D eigenvalue weighted by Crippen LogP contribution is -2.28. The molecule has 0 spiro atoms. The Morgan fingerprint density at radius 2 is 2.06 bits per heavy atom. The number of rotatable bonds is 7. The molecule has 0 fully saturated rings. The molecule has 3 aromatic rings. The van der Waals surface area contributed by atoms with Crippen LogP contribution in [0.1, 0.15) is 77.5 Å². The normalized spacial score (nSPS) is 15.4. The van der Waals surface area contributed by atoms with E-state index in [4.69, 9.17) is 0 Å². The molecule has 4 rings (SSSR count). The van der Waals surface area contributed by atoms with E-state index in [1.165, 1.54) is 0 Å². The molecule has 1 unspecified atom stereocenters. The fourth-order valence-electron chi connectivity index (χ4n) is 4.72. The Hall–Kier alpha value is -3.35. The van der Waals surface area contributed by atoms with Crippen molar-refractivity contribution in [2.45, 2.75) is 66.0 Å². The van der Waals surface area contributed by atoms with Gasteiger partial charge in [-0.3, -0.25) is 9.59 Å². The van der Waals surface area contributed by atoms with Crippen LogP contribution in [0.25, 0.3) is 10.9 Å². The van der Waals surface area contributed by atoms with E-state index in [2.05, 4.69) is 58.4 Å². The van der Waals surface area contributed by atoms with Gasteiger partial charge < -0.3 is 20.3 Å². The summed E-state index contributed by atoms with van der Waals surface area (Å²) in [7, 11) is 0. The average Bonchev–Trinajstić information content (AvgIpc) is 3.41. The number of aryl methyl sites for hydroxylation is 3. The first kappa shape index (κ1) is 22.8. The highest BCUT2D eigenvalue weighted by Gasteiger charge is 2.22. The fourth-order valence-corrected chi connectivity index (χ4v) is 4.72. The first-order valence-corrected chi connectivity index (χ1v) is 11.7. The molecule has 0 saturated heterocycles. The maximum absolute atomic E-state index is 13.5. The van der Waals surface area contributed by atoms with Crippen molar-refractivity contribution in [3.05, 3.63) is 68.3 Å². The summed E-state index contributed by atoms with van der Waals surface area (Å²) in [5.41, 5.74) is 9.15. The van der Waals surface area contributed by atoms with Gasteiger partial charge in [-0.05, 0) is 69.0 Å². The highest BCUT2D eigenvalue weighted by Crippen LogP contribution is 2.31. The third kappa shape index (κ3) is 4.45. The van der Waals surface area contributed by atoms with Crippen molar-refractivity contribution in [3.8, 4) is 0 Å². The Kier molecular flexibility index (Phi) is 6.40. The molecule has 0 aliphatic carbocycles. The number of hydrazone groups is 1. The van der Waals surface area contributed by atoms with Crippen LogP contribution < -0.4 is 16.3 Å². The smallest absolute Gasteiger partial charge is 0.253 e. The zero-order valence-electron chi connectivity index (χ0n) is 20.1. The topological polar surface area (TPSA) is 91.3 Å². The third-order valence-corrected chi connectivity index (χ3v) is 6.34. The number of aromatic nitrogens is 2. The highest BCUT2D eigenvalue weighted by atomic mass is 16.1. The zero-order chi connectivity index (χ0) is 23.7. The number of hydrogen-bond acceptors (Lipinski definition) is 4. The molecule has 33 heavy (non-hydrogen) atoms. The minimum atomic E-state index is -0.170. The van der Waals surface area contributed by atoms with Crippen LogP contribution in [0, 0.1) is 13.8 Å². The van der Waals surface area contributed by atoms with E-state index >= 15 is 0 Å². The van der Waals surface area contributed by atoms with Crippen molar-refractivity contribution >= 4 is 23.0 Å². The Labute approximate surface area is 194 Å². The second-order valence-corrected chi connectivity index (χ2v) is 9.24. The lowest BCUT2D eigenvalue weighted by atomic mass is 9.95. The van der Waals surface area contributed by atoms with Crippen molar-refractivity contribution in [3.63, 3.8) is 0 Å². The standard InChI is InChI=1S/C26H33N5O2/c1-6-7-18-8-17(5)30-26(33)22(18)13-27-25(32)21-9-19(20-11-28-29-12-20)10-23-24(21)16(4)14-31(23)15(2)3/h8-11,14-15,20,29H,6-7,12-13H2,1-5H3,(H,27,32)(H,30,33). The molecule has 0 saturated carbocycles. The minimum Gasteiger partial charge on any atom is -0.348 e. The number of fused-ring (bicyclic) bond motifs is 1. The molecule has 1 amide bonds.